The summed E-state index contributed by atoms with van der Waals surface area (Å²) < 4.78 is 4.86. The number of nitriles is 1. The number of nitrogens with one attached hydrogen (secondary N) is 1. The Morgan fingerprint density at radius 2 is 2.12 bits per heavy atom. The molecule has 1 aromatic rings. The van der Waals surface area contributed by atoms with Gasteiger partial charge in [-0.2, -0.15) is 5.26 Å². The Balaban J connectivity index is 2.30. The van der Waals surface area contributed by atoms with E-state index in [1.165, 1.54) is 19.3 Å². The summed E-state index contributed by atoms with van der Waals surface area (Å²) in [5.74, 6) is -1.27. The molecule has 1 aliphatic carbocycles. The maximum Gasteiger partial charge on any atom is 0.266 e. The van der Waals surface area contributed by atoms with Gasteiger partial charge in [-0.05, 0) is 36.5 Å². The van der Waals surface area contributed by atoms with Gasteiger partial charge in [0, 0.05) is 17.9 Å². The first-order valence-electron chi connectivity index (χ1n) is 8.33. The van der Waals surface area contributed by atoms with Crippen LogP contribution in [0.4, 0.5) is 5.69 Å². The zero-order valence-corrected chi connectivity index (χ0v) is 14.7. The minimum absolute atomic E-state index is 0.000824. The summed E-state index contributed by atoms with van der Waals surface area (Å²) in [4.78, 5) is 22.6. The monoisotopic (exact) mass is 358 g/mol. The van der Waals surface area contributed by atoms with Crippen LogP contribution in [0.5, 0.6) is 11.5 Å². The first-order chi connectivity index (χ1) is 12.4. The molecule has 0 heterocycles. The molecule has 1 saturated carbocycles. The van der Waals surface area contributed by atoms with Crippen LogP contribution in [0.1, 0.15) is 38.2 Å². The topological polar surface area (TPSA) is 128 Å². The molecule has 1 fully saturated rings. The standard InChI is InChI=1S/C18H21N3O5/c1-11-5-3-4-6-14(11)20-18(23)13(10-19)7-12-8-15(21(24)25)17(22)16(9-12)26-2/h7-9,11,14,22H,3-6H2,1-2H3,(H,20,23)/p-1/b13-7+/t11-,14-/m1/s1. The number of hydrogen-bond donors (Lipinski definition) is 1. The van der Waals surface area contributed by atoms with Crippen LogP contribution in [0.3, 0.4) is 0 Å². The molecule has 2 atom stereocenters. The highest BCUT2D eigenvalue weighted by Gasteiger charge is 2.24. The fourth-order valence-corrected chi connectivity index (χ4v) is 3.07. The van der Waals surface area contributed by atoms with Crippen LogP contribution < -0.4 is 15.2 Å². The maximum atomic E-state index is 12.4. The van der Waals surface area contributed by atoms with Crippen LogP contribution in [-0.4, -0.2) is 24.0 Å². The van der Waals surface area contributed by atoms with Crippen LogP contribution in [0.2, 0.25) is 0 Å². The van der Waals surface area contributed by atoms with Crippen molar-refractivity contribution in [2.45, 2.75) is 38.6 Å². The minimum Gasteiger partial charge on any atom is -0.865 e. The number of hydrogen-bond acceptors (Lipinski definition) is 6. The van der Waals surface area contributed by atoms with Crippen molar-refractivity contribution in [2.75, 3.05) is 7.11 Å². The molecule has 8 heteroatoms. The van der Waals surface area contributed by atoms with E-state index in [1.807, 2.05) is 6.07 Å². The third-order valence-corrected chi connectivity index (χ3v) is 4.58. The molecule has 138 valence electrons. The maximum absolute atomic E-state index is 12.4. The Labute approximate surface area is 151 Å². The third-order valence-electron chi connectivity index (χ3n) is 4.58. The molecule has 0 bridgehead atoms. The van der Waals surface area contributed by atoms with E-state index in [2.05, 4.69) is 12.2 Å². The summed E-state index contributed by atoms with van der Waals surface area (Å²) in [6.45, 7) is 2.06. The van der Waals surface area contributed by atoms with Gasteiger partial charge < -0.3 is 15.2 Å². The molecule has 0 aromatic heterocycles. The average Bonchev–Trinajstić information content (AvgIpc) is 2.62. The van der Waals surface area contributed by atoms with Crippen molar-refractivity contribution in [2.24, 2.45) is 5.92 Å². The number of nitro benzene ring substituents is 1. The molecule has 0 aliphatic heterocycles. The van der Waals surface area contributed by atoms with Crippen LogP contribution >= 0.6 is 0 Å². The van der Waals surface area contributed by atoms with Gasteiger partial charge >= 0.3 is 0 Å². The molecule has 1 aromatic carbocycles. The lowest BCUT2D eigenvalue weighted by Gasteiger charge is -2.29. The molecule has 1 aliphatic rings. The van der Waals surface area contributed by atoms with Gasteiger partial charge in [0.25, 0.3) is 11.6 Å². The third kappa shape index (κ3) is 4.30. The molecule has 8 nitrogen and oxygen atoms in total. The van der Waals surface area contributed by atoms with Crippen molar-refractivity contribution < 1.29 is 19.6 Å². The first-order valence-corrected chi connectivity index (χ1v) is 8.33. The van der Waals surface area contributed by atoms with Gasteiger partial charge in [-0.25, -0.2) is 0 Å². The van der Waals surface area contributed by atoms with Gasteiger partial charge in [-0.1, -0.05) is 19.8 Å². The Morgan fingerprint density at radius 1 is 1.42 bits per heavy atom. The molecule has 0 unspecified atom stereocenters. The number of nitro groups is 1. The second-order valence-corrected chi connectivity index (χ2v) is 6.34. The summed E-state index contributed by atoms with van der Waals surface area (Å²) in [6, 6.07) is 4.11. The van der Waals surface area contributed by atoms with Crippen molar-refractivity contribution in [3.05, 3.63) is 33.4 Å². The average molecular weight is 358 g/mol. The Kier molecular flexibility index (Phi) is 6.17. The molecule has 0 spiro atoms. The van der Waals surface area contributed by atoms with Crippen molar-refractivity contribution >= 4 is 17.7 Å². The van der Waals surface area contributed by atoms with Crippen molar-refractivity contribution in [1.82, 2.24) is 5.32 Å². The second-order valence-electron chi connectivity index (χ2n) is 6.34. The Morgan fingerprint density at radius 3 is 2.69 bits per heavy atom. The largest absolute Gasteiger partial charge is 0.865 e. The highest BCUT2D eigenvalue weighted by molar-refractivity contribution is 6.02. The number of methoxy groups -OCH3 is 1. The van der Waals surface area contributed by atoms with Gasteiger partial charge in [-0.15, -0.1) is 0 Å². The van der Waals surface area contributed by atoms with E-state index in [1.54, 1.807) is 0 Å². The van der Waals surface area contributed by atoms with Crippen molar-refractivity contribution in [1.29, 1.82) is 5.26 Å². The molecule has 1 N–H and O–H groups in total. The van der Waals surface area contributed by atoms with Gasteiger partial charge in [0.1, 0.15) is 17.4 Å². The summed E-state index contributed by atoms with van der Waals surface area (Å²) >= 11 is 0. The minimum atomic E-state index is -0.853. The Hall–Kier alpha value is -3.08. The summed E-state index contributed by atoms with van der Waals surface area (Å²) in [5, 5.41) is 35.0. The Bertz CT molecular complexity index is 782. The quantitative estimate of drug-likeness (QED) is 0.372. The zero-order valence-electron chi connectivity index (χ0n) is 14.7. The van der Waals surface area contributed by atoms with E-state index in [4.69, 9.17) is 4.74 Å². The molecular weight excluding hydrogens is 338 g/mol. The van der Waals surface area contributed by atoms with Gasteiger partial charge in [-0.3, -0.25) is 14.9 Å². The molecular formula is C18H20N3O5-. The molecule has 0 radical (unpaired) electrons. The molecule has 1 amide bonds. The van der Waals surface area contributed by atoms with E-state index >= 15 is 0 Å². The number of carbonyl (C=O) groups excluding carboxylic acids is 1. The van der Waals surface area contributed by atoms with Gasteiger partial charge in [0.2, 0.25) is 0 Å². The highest BCUT2D eigenvalue weighted by Crippen LogP contribution is 2.35. The van der Waals surface area contributed by atoms with Crippen LogP contribution in [0.15, 0.2) is 17.7 Å². The summed E-state index contributed by atoms with van der Waals surface area (Å²) in [6.07, 6.45) is 5.24. The van der Waals surface area contributed by atoms with E-state index in [9.17, 15) is 25.3 Å². The van der Waals surface area contributed by atoms with Crippen LogP contribution in [0, 0.1) is 27.4 Å². The van der Waals surface area contributed by atoms with Gasteiger partial charge in [0.15, 0.2) is 0 Å². The highest BCUT2D eigenvalue weighted by atomic mass is 16.6. The number of benzene rings is 1. The number of nitrogens with zero attached hydrogens (tertiary/aromatic N) is 2. The first kappa shape index (κ1) is 19.2. The number of ether oxygens (including phenoxy) is 1. The van der Waals surface area contributed by atoms with Crippen LogP contribution in [0.25, 0.3) is 6.08 Å². The summed E-state index contributed by atoms with van der Waals surface area (Å²) in [5.41, 5.74) is -0.677. The lowest BCUT2D eigenvalue weighted by atomic mass is 9.86. The van der Waals surface area contributed by atoms with Crippen molar-refractivity contribution in [3.63, 3.8) is 0 Å². The SMILES string of the molecule is COc1cc(/C=C(\C#N)C(=O)N[C@@H]2CCCC[C@H]2C)cc([N+](=O)[O-])c1[O-]. The molecule has 2 rings (SSSR count). The van der Waals surface area contributed by atoms with E-state index in [-0.39, 0.29) is 22.9 Å². The molecule has 0 saturated heterocycles. The fraction of sp³-hybridized carbons (Fsp3) is 0.444. The van der Waals surface area contributed by atoms with Gasteiger partial charge in [0.05, 0.1) is 12.0 Å². The predicted octanol–water partition coefficient (Wildman–Crippen LogP) is 2.28. The van der Waals surface area contributed by atoms with Crippen LogP contribution in [-0.2, 0) is 4.79 Å². The molecule has 26 heavy (non-hydrogen) atoms. The lowest BCUT2D eigenvalue weighted by Crippen LogP contribution is -2.41. The zero-order chi connectivity index (χ0) is 19.3. The smallest absolute Gasteiger partial charge is 0.266 e. The normalized spacial score (nSPS) is 20.1. The lowest BCUT2D eigenvalue weighted by molar-refractivity contribution is -0.398. The number of carbonyl (C=O) groups is 1. The van der Waals surface area contributed by atoms with E-state index in [0.717, 1.165) is 31.7 Å². The predicted molar refractivity (Wildman–Crippen MR) is 92.2 cm³/mol. The van der Waals surface area contributed by atoms with E-state index < -0.39 is 22.3 Å². The van der Waals surface area contributed by atoms with Crippen molar-refractivity contribution in [3.8, 4) is 17.6 Å². The van der Waals surface area contributed by atoms with E-state index in [0.29, 0.717) is 5.92 Å². The summed E-state index contributed by atoms with van der Waals surface area (Å²) in [7, 11) is 1.22. The number of rotatable bonds is 5. The fourth-order valence-electron chi connectivity index (χ4n) is 3.07. The number of amides is 1. The second kappa shape index (κ2) is 8.34.